The standard InChI is InChI=1S/C31H55N5O3/c1-26(2)17-23(18-27(3,4)35(26)38)32-25(37)34-31(11,12)22-15-13-21(14-16-22)30(9,10)33-24-19-28(5,6)36(39)29(7,8)20-24/h13-16,23-24,33,38-39H,17-20H2,1-12H3,(H2,32,34,37). The first-order valence-corrected chi connectivity index (χ1v) is 14.4. The van der Waals surface area contributed by atoms with Gasteiger partial charge in [0.2, 0.25) is 0 Å². The monoisotopic (exact) mass is 545 g/mol. The van der Waals surface area contributed by atoms with Crippen LogP contribution < -0.4 is 16.0 Å². The molecular weight excluding hydrogens is 490 g/mol. The van der Waals surface area contributed by atoms with Gasteiger partial charge >= 0.3 is 6.03 Å². The van der Waals surface area contributed by atoms with E-state index >= 15 is 0 Å². The van der Waals surface area contributed by atoms with Gasteiger partial charge in [-0.05, 0) is 120 Å². The summed E-state index contributed by atoms with van der Waals surface area (Å²) < 4.78 is 0. The van der Waals surface area contributed by atoms with E-state index in [4.69, 9.17) is 0 Å². The van der Waals surface area contributed by atoms with E-state index in [1.54, 1.807) is 0 Å². The minimum atomic E-state index is -0.565. The zero-order valence-electron chi connectivity index (χ0n) is 26.5. The van der Waals surface area contributed by atoms with E-state index in [0.29, 0.717) is 12.8 Å². The van der Waals surface area contributed by atoms with Crippen LogP contribution >= 0.6 is 0 Å². The van der Waals surface area contributed by atoms with Gasteiger partial charge in [0, 0.05) is 39.8 Å². The fourth-order valence-electron chi connectivity index (χ4n) is 7.22. The van der Waals surface area contributed by atoms with Crippen LogP contribution in [-0.4, -0.2) is 60.8 Å². The lowest BCUT2D eigenvalue weighted by atomic mass is 9.77. The number of hydrogen-bond acceptors (Lipinski definition) is 6. The molecule has 3 rings (SSSR count). The molecule has 0 bridgehead atoms. The fraction of sp³-hybridized carbons (Fsp3) is 0.774. The first-order valence-electron chi connectivity index (χ1n) is 14.4. The van der Waals surface area contributed by atoms with E-state index in [0.717, 1.165) is 18.4 Å². The Kier molecular flexibility index (Phi) is 8.39. The number of benzene rings is 1. The summed E-state index contributed by atoms with van der Waals surface area (Å²) in [5.74, 6) is 0. The van der Waals surface area contributed by atoms with Crippen molar-refractivity contribution < 1.29 is 15.2 Å². The number of carbonyl (C=O) groups is 1. The maximum absolute atomic E-state index is 13.0. The van der Waals surface area contributed by atoms with Crippen LogP contribution in [0.2, 0.25) is 0 Å². The summed E-state index contributed by atoms with van der Waals surface area (Å²) >= 11 is 0. The average molecular weight is 546 g/mol. The van der Waals surface area contributed by atoms with E-state index in [2.05, 4.69) is 81.8 Å². The first-order chi connectivity index (χ1) is 17.5. The number of nitrogens with one attached hydrogen (secondary N) is 3. The SMILES string of the molecule is CC(C)(NC(=O)NC1CC(C)(C)N(O)C(C)(C)C1)c1ccc(C(C)(C)NC2CC(C)(C)N(O)C(C)(C)C2)cc1. The van der Waals surface area contributed by atoms with Crippen molar-refractivity contribution >= 4 is 6.03 Å². The summed E-state index contributed by atoms with van der Waals surface area (Å²) in [5, 5.41) is 34.4. The molecule has 0 radical (unpaired) electrons. The Hall–Kier alpha value is -1.71. The van der Waals surface area contributed by atoms with Crippen molar-refractivity contribution in [3.05, 3.63) is 35.4 Å². The van der Waals surface area contributed by atoms with Crippen LogP contribution in [0.15, 0.2) is 24.3 Å². The number of hydrogen-bond donors (Lipinski definition) is 5. The van der Waals surface area contributed by atoms with Gasteiger partial charge in [-0.2, -0.15) is 10.1 Å². The number of piperidine rings is 2. The second-order valence-corrected chi connectivity index (χ2v) is 15.7. The lowest BCUT2D eigenvalue weighted by Gasteiger charge is -2.53. The molecule has 39 heavy (non-hydrogen) atoms. The third kappa shape index (κ3) is 6.96. The van der Waals surface area contributed by atoms with Crippen molar-refractivity contribution in [2.24, 2.45) is 0 Å². The predicted molar refractivity (Wildman–Crippen MR) is 157 cm³/mol. The summed E-state index contributed by atoms with van der Waals surface area (Å²) in [6.07, 6.45) is 3.05. The van der Waals surface area contributed by atoms with Gasteiger partial charge < -0.3 is 26.4 Å². The highest BCUT2D eigenvalue weighted by Gasteiger charge is 2.47. The number of nitrogens with zero attached hydrogens (tertiary/aromatic N) is 2. The second kappa shape index (κ2) is 10.3. The van der Waals surface area contributed by atoms with E-state index in [1.165, 1.54) is 15.7 Å². The molecule has 2 saturated heterocycles. The number of carbonyl (C=O) groups excluding carboxylic acids is 1. The maximum atomic E-state index is 13.0. The molecule has 0 aromatic heterocycles. The highest BCUT2D eigenvalue weighted by molar-refractivity contribution is 5.75. The van der Waals surface area contributed by atoms with E-state index in [1.807, 2.05) is 41.5 Å². The summed E-state index contributed by atoms with van der Waals surface area (Å²) in [4.78, 5) is 13.0. The minimum Gasteiger partial charge on any atom is -0.335 e. The van der Waals surface area contributed by atoms with Crippen LogP contribution in [-0.2, 0) is 11.1 Å². The molecule has 0 unspecified atom stereocenters. The molecule has 0 saturated carbocycles. The van der Waals surface area contributed by atoms with Crippen LogP contribution in [0.1, 0.15) is 120 Å². The zero-order valence-corrected chi connectivity index (χ0v) is 26.5. The van der Waals surface area contributed by atoms with Gasteiger partial charge in [-0.1, -0.05) is 24.3 Å². The molecule has 0 spiro atoms. The Labute approximate surface area is 236 Å². The summed E-state index contributed by atoms with van der Waals surface area (Å²) in [6.45, 7) is 24.8. The Morgan fingerprint density at radius 2 is 1.03 bits per heavy atom. The predicted octanol–water partition coefficient (Wildman–Crippen LogP) is 5.87. The number of hydroxylamine groups is 4. The van der Waals surface area contributed by atoms with Crippen LogP contribution in [0.5, 0.6) is 0 Å². The quantitative estimate of drug-likeness (QED) is 0.307. The normalized spacial score (nSPS) is 24.4. The van der Waals surface area contributed by atoms with Crippen molar-refractivity contribution in [2.75, 3.05) is 0 Å². The van der Waals surface area contributed by atoms with Crippen LogP contribution in [0, 0.1) is 0 Å². The first kappa shape index (κ1) is 31.8. The summed E-state index contributed by atoms with van der Waals surface area (Å²) in [6, 6.07) is 8.51. The Bertz CT molecular complexity index is 993. The van der Waals surface area contributed by atoms with Crippen molar-refractivity contribution in [1.82, 2.24) is 26.1 Å². The highest BCUT2D eigenvalue weighted by Crippen LogP contribution is 2.39. The zero-order chi connectivity index (χ0) is 29.8. The summed E-state index contributed by atoms with van der Waals surface area (Å²) in [7, 11) is 0. The number of amides is 2. The fourth-order valence-corrected chi connectivity index (χ4v) is 7.22. The molecule has 1 aromatic rings. The smallest absolute Gasteiger partial charge is 0.315 e. The molecule has 2 aliphatic heterocycles. The van der Waals surface area contributed by atoms with Crippen molar-refractivity contribution in [3.63, 3.8) is 0 Å². The van der Waals surface area contributed by atoms with E-state index in [-0.39, 0.29) is 34.7 Å². The second-order valence-electron chi connectivity index (χ2n) is 15.7. The average Bonchev–Trinajstić information content (AvgIpc) is 2.74. The van der Waals surface area contributed by atoms with E-state index in [9.17, 15) is 15.2 Å². The minimum absolute atomic E-state index is 0.0314. The van der Waals surface area contributed by atoms with Gasteiger partial charge in [0.1, 0.15) is 0 Å². The molecule has 2 aliphatic rings. The van der Waals surface area contributed by atoms with Gasteiger partial charge in [0.05, 0.1) is 5.54 Å². The molecule has 8 heteroatoms. The molecule has 5 N–H and O–H groups in total. The van der Waals surface area contributed by atoms with Gasteiger partial charge in [0.25, 0.3) is 0 Å². The molecule has 2 amide bonds. The topological polar surface area (TPSA) is 100 Å². The lowest BCUT2D eigenvalue weighted by Crippen LogP contribution is -2.64. The third-order valence-corrected chi connectivity index (χ3v) is 8.93. The molecule has 2 fully saturated rings. The van der Waals surface area contributed by atoms with E-state index < -0.39 is 16.6 Å². The van der Waals surface area contributed by atoms with Crippen molar-refractivity contribution in [3.8, 4) is 0 Å². The van der Waals surface area contributed by atoms with Crippen molar-refractivity contribution in [1.29, 1.82) is 0 Å². The molecular formula is C31H55N5O3. The van der Waals surface area contributed by atoms with Crippen LogP contribution in [0.3, 0.4) is 0 Å². The lowest BCUT2D eigenvalue weighted by molar-refractivity contribution is -0.247. The highest BCUT2D eigenvalue weighted by atomic mass is 16.5. The van der Waals surface area contributed by atoms with Gasteiger partial charge in [-0.25, -0.2) is 4.79 Å². The number of rotatable bonds is 6. The number of urea groups is 1. The molecule has 222 valence electrons. The van der Waals surface area contributed by atoms with Crippen LogP contribution in [0.4, 0.5) is 4.79 Å². The summed E-state index contributed by atoms with van der Waals surface area (Å²) in [5.41, 5.74) is -0.0907. The van der Waals surface area contributed by atoms with Gasteiger partial charge in [0.15, 0.2) is 0 Å². The molecule has 8 nitrogen and oxygen atoms in total. The van der Waals surface area contributed by atoms with Gasteiger partial charge in [-0.15, -0.1) is 0 Å². The third-order valence-electron chi connectivity index (χ3n) is 8.93. The maximum Gasteiger partial charge on any atom is 0.315 e. The Morgan fingerprint density at radius 3 is 1.41 bits per heavy atom. The molecule has 2 heterocycles. The molecule has 0 atom stereocenters. The van der Waals surface area contributed by atoms with Gasteiger partial charge in [-0.3, -0.25) is 0 Å². The Morgan fingerprint density at radius 1 is 0.692 bits per heavy atom. The van der Waals surface area contributed by atoms with Crippen molar-refractivity contribution in [2.45, 2.75) is 154 Å². The largest absolute Gasteiger partial charge is 0.335 e. The Balaban J connectivity index is 1.65. The molecule has 1 aromatic carbocycles. The van der Waals surface area contributed by atoms with Crippen LogP contribution in [0.25, 0.3) is 0 Å². The molecule has 0 aliphatic carbocycles.